The maximum absolute atomic E-state index is 3.89. The Morgan fingerprint density at radius 1 is 0.405 bits per heavy atom. The minimum atomic E-state index is -0.0129. The maximum Gasteiger partial charge on any atom is 0.0551 e. The summed E-state index contributed by atoms with van der Waals surface area (Å²) in [5.41, 5.74) is 12.9. The minimum Gasteiger partial charge on any atom is -0.353 e. The van der Waals surface area contributed by atoms with Gasteiger partial charge in [0.05, 0.1) is 11.0 Å². The Labute approximate surface area is 245 Å². The predicted molar refractivity (Wildman–Crippen MR) is 179 cm³/mol. The summed E-state index contributed by atoms with van der Waals surface area (Å²) in [7, 11) is 0. The molecule has 198 valence electrons. The van der Waals surface area contributed by atoms with Gasteiger partial charge in [-0.05, 0) is 67.2 Å². The maximum atomic E-state index is 3.89. The van der Waals surface area contributed by atoms with Gasteiger partial charge in [0.2, 0.25) is 0 Å². The van der Waals surface area contributed by atoms with E-state index in [0.29, 0.717) is 0 Å². The van der Waals surface area contributed by atoms with Crippen molar-refractivity contribution in [3.63, 3.8) is 0 Å². The van der Waals surface area contributed by atoms with E-state index in [2.05, 4.69) is 152 Å². The Morgan fingerprint density at radius 3 is 1.86 bits per heavy atom. The van der Waals surface area contributed by atoms with Crippen LogP contribution in [0.4, 0.5) is 0 Å². The van der Waals surface area contributed by atoms with Crippen molar-refractivity contribution in [1.82, 2.24) is 4.98 Å². The van der Waals surface area contributed by atoms with Crippen LogP contribution in [0.25, 0.3) is 76.7 Å². The van der Waals surface area contributed by atoms with Crippen LogP contribution in [0.3, 0.4) is 0 Å². The van der Waals surface area contributed by atoms with Crippen LogP contribution in [0.2, 0.25) is 0 Å². The van der Waals surface area contributed by atoms with E-state index in [4.69, 9.17) is 0 Å². The van der Waals surface area contributed by atoms with E-state index < -0.39 is 0 Å². The highest BCUT2D eigenvalue weighted by molar-refractivity contribution is 6.32. The second-order valence-corrected chi connectivity index (χ2v) is 12.2. The lowest BCUT2D eigenvalue weighted by Gasteiger charge is -2.22. The van der Waals surface area contributed by atoms with Crippen molar-refractivity contribution in [1.29, 1.82) is 0 Å². The third kappa shape index (κ3) is 3.14. The van der Waals surface area contributed by atoms with Gasteiger partial charge in [-0.25, -0.2) is 0 Å². The first-order valence-corrected chi connectivity index (χ1v) is 14.8. The molecule has 1 aromatic heterocycles. The Balaban J connectivity index is 1.24. The summed E-state index contributed by atoms with van der Waals surface area (Å²) in [5, 5.41) is 7.73. The Hall–Kier alpha value is -5.14. The first-order chi connectivity index (χ1) is 20.6. The first kappa shape index (κ1) is 23.6. The topological polar surface area (TPSA) is 15.8 Å². The van der Waals surface area contributed by atoms with Crippen LogP contribution in [0.1, 0.15) is 25.0 Å². The standard InChI is InChI=1S/C41H29N/c1-41(2)36-20-8-7-15-31(36)32-22-21-26(24-37(32)41)25-11-9-12-27(23-25)28-18-10-19-35-38-33-16-5-3-13-29(33)30-14-4-6-17-34(30)40(38)42-39(28)35/h3-24,42H,1-2H3. The molecule has 9 rings (SSSR count). The van der Waals surface area contributed by atoms with Gasteiger partial charge in [-0.1, -0.05) is 135 Å². The molecule has 1 heteroatoms. The van der Waals surface area contributed by atoms with Crippen molar-refractivity contribution in [2.45, 2.75) is 19.3 Å². The molecule has 1 aliphatic carbocycles. The molecule has 0 unspecified atom stereocenters. The minimum absolute atomic E-state index is 0.0129. The Morgan fingerprint density at radius 2 is 1.00 bits per heavy atom. The molecule has 0 saturated heterocycles. The number of nitrogens with one attached hydrogen (secondary N) is 1. The van der Waals surface area contributed by atoms with Crippen LogP contribution >= 0.6 is 0 Å². The van der Waals surface area contributed by atoms with Crippen molar-refractivity contribution < 1.29 is 0 Å². The number of hydrogen-bond acceptors (Lipinski definition) is 0. The zero-order chi connectivity index (χ0) is 28.0. The van der Waals surface area contributed by atoms with Crippen molar-refractivity contribution in [3.8, 4) is 33.4 Å². The quantitative estimate of drug-likeness (QED) is 0.212. The van der Waals surface area contributed by atoms with Gasteiger partial charge in [-0.2, -0.15) is 0 Å². The average Bonchev–Trinajstić information content (AvgIpc) is 3.55. The average molecular weight is 536 g/mol. The largest absolute Gasteiger partial charge is 0.353 e. The summed E-state index contributed by atoms with van der Waals surface area (Å²) in [6, 6.07) is 49.2. The SMILES string of the molecule is CC1(C)c2ccccc2-c2ccc(-c3cccc(-c4cccc5c4[nH]c4c6ccccc6c6ccccc6c54)c3)cc21. The zero-order valence-corrected chi connectivity index (χ0v) is 23.7. The number of aromatic amines is 1. The lowest BCUT2D eigenvalue weighted by molar-refractivity contribution is 0.660. The van der Waals surface area contributed by atoms with Crippen LogP contribution in [-0.4, -0.2) is 4.98 Å². The summed E-state index contributed by atoms with van der Waals surface area (Å²) in [6.07, 6.45) is 0. The second kappa shape index (κ2) is 8.44. The fourth-order valence-electron chi connectivity index (χ4n) is 7.56. The lowest BCUT2D eigenvalue weighted by atomic mass is 9.81. The number of aromatic nitrogens is 1. The highest BCUT2D eigenvalue weighted by Gasteiger charge is 2.35. The van der Waals surface area contributed by atoms with Gasteiger partial charge in [-0.15, -0.1) is 0 Å². The third-order valence-corrected chi connectivity index (χ3v) is 9.61. The second-order valence-electron chi connectivity index (χ2n) is 12.2. The molecule has 8 aromatic rings. The summed E-state index contributed by atoms with van der Waals surface area (Å²) in [4.78, 5) is 3.89. The molecule has 0 spiro atoms. The van der Waals surface area contributed by atoms with E-state index in [9.17, 15) is 0 Å². The molecule has 1 heterocycles. The van der Waals surface area contributed by atoms with E-state index in [-0.39, 0.29) is 5.41 Å². The summed E-state index contributed by atoms with van der Waals surface area (Å²) < 4.78 is 0. The van der Waals surface area contributed by atoms with Crippen LogP contribution in [-0.2, 0) is 5.41 Å². The molecule has 0 saturated carbocycles. The fourth-order valence-corrected chi connectivity index (χ4v) is 7.56. The molecule has 0 fully saturated rings. The van der Waals surface area contributed by atoms with Gasteiger partial charge >= 0.3 is 0 Å². The van der Waals surface area contributed by atoms with E-state index in [1.165, 1.54) is 87.9 Å². The lowest BCUT2D eigenvalue weighted by Crippen LogP contribution is -2.14. The zero-order valence-electron chi connectivity index (χ0n) is 23.7. The molecule has 1 aliphatic rings. The number of fused-ring (bicyclic) bond motifs is 11. The molecule has 1 N–H and O–H groups in total. The van der Waals surface area contributed by atoms with Crippen LogP contribution in [0.5, 0.6) is 0 Å². The number of H-pyrrole nitrogens is 1. The Kier molecular flexibility index (Phi) is 4.73. The monoisotopic (exact) mass is 535 g/mol. The normalized spacial score (nSPS) is 13.7. The molecule has 7 aromatic carbocycles. The molecule has 0 radical (unpaired) electrons. The smallest absolute Gasteiger partial charge is 0.0551 e. The summed E-state index contributed by atoms with van der Waals surface area (Å²) >= 11 is 0. The molecular weight excluding hydrogens is 506 g/mol. The fraction of sp³-hybridized carbons (Fsp3) is 0.0732. The van der Waals surface area contributed by atoms with Gasteiger partial charge in [0.15, 0.2) is 0 Å². The van der Waals surface area contributed by atoms with Gasteiger partial charge in [0, 0.05) is 27.1 Å². The van der Waals surface area contributed by atoms with Crippen molar-refractivity contribution >= 4 is 43.4 Å². The molecule has 0 bridgehead atoms. The summed E-state index contributed by atoms with van der Waals surface area (Å²) in [6.45, 7) is 4.70. The van der Waals surface area contributed by atoms with Crippen LogP contribution in [0, 0.1) is 0 Å². The number of benzene rings is 7. The van der Waals surface area contributed by atoms with Gasteiger partial charge in [0.25, 0.3) is 0 Å². The van der Waals surface area contributed by atoms with E-state index in [1.807, 2.05) is 0 Å². The van der Waals surface area contributed by atoms with Gasteiger partial charge in [0.1, 0.15) is 0 Å². The third-order valence-electron chi connectivity index (χ3n) is 9.61. The summed E-state index contributed by atoms with van der Waals surface area (Å²) in [5.74, 6) is 0. The highest BCUT2D eigenvalue weighted by atomic mass is 14.7. The van der Waals surface area contributed by atoms with Gasteiger partial charge in [-0.3, -0.25) is 0 Å². The first-order valence-electron chi connectivity index (χ1n) is 14.8. The highest BCUT2D eigenvalue weighted by Crippen LogP contribution is 2.49. The molecule has 0 aliphatic heterocycles. The molecule has 0 atom stereocenters. The van der Waals surface area contributed by atoms with Crippen LogP contribution < -0.4 is 0 Å². The number of rotatable bonds is 2. The molecule has 0 amide bonds. The van der Waals surface area contributed by atoms with E-state index >= 15 is 0 Å². The number of hydrogen-bond donors (Lipinski definition) is 1. The van der Waals surface area contributed by atoms with Crippen LogP contribution in [0.15, 0.2) is 133 Å². The Bertz CT molecular complexity index is 2380. The van der Waals surface area contributed by atoms with Crippen molar-refractivity contribution in [2.75, 3.05) is 0 Å². The molecule has 1 nitrogen and oxygen atoms in total. The van der Waals surface area contributed by atoms with Crippen molar-refractivity contribution in [2.24, 2.45) is 0 Å². The van der Waals surface area contributed by atoms with E-state index in [0.717, 1.165) is 0 Å². The van der Waals surface area contributed by atoms with Crippen molar-refractivity contribution in [3.05, 3.63) is 145 Å². The molecular formula is C41H29N. The van der Waals surface area contributed by atoms with E-state index in [1.54, 1.807) is 0 Å². The molecule has 42 heavy (non-hydrogen) atoms. The van der Waals surface area contributed by atoms with Gasteiger partial charge < -0.3 is 4.98 Å². The predicted octanol–water partition coefficient (Wildman–Crippen LogP) is 11.3. The number of para-hydroxylation sites is 1.